The monoisotopic (exact) mass is 389 g/mol. The first-order valence-electron chi connectivity index (χ1n) is 9.43. The molecule has 4 fully saturated rings. The van der Waals surface area contributed by atoms with Crippen LogP contribution in [0.1, 0.15) is 42.7 Å². The second-order valence-electron chi connectivity index (χ2n) is 8.22. The van der Waals surface area contributed by atoms with E-state index < -0.39 is 0 Å². The fourth-order valence-electron chi connectivity index (χ4n) is 5.65. The van der Waals surface area contributed by atoms with Crippen LogP contribution in [-0.4, -0.2) is 11.9 Å². The Bertz CT molecular complexity index is 831. The molecule has 0 aliphatic heterocycles. The number of nitrogens with one attached hydrogen (secondary N) is 1. The van der Waals surface area contributed by atoms with Gasteiger partial charge in [0.25, 0.3) is 5.91 Å². The third-order valence-electron chi connectivity index (χ3n) is 6.56. The zero-order chi connectivity index (χ0) is 17.8. The van der Waals surface area contributed by atoms with Crippen LogP contribution in [0.25, 0.3) is 11.3 Å². The molecule has 5 heteroatoms. The fourth-order valence-corrected chi connectivity index (χ4v) is 5.95. The molecular formula is C21H21Cl2NO2. The average molecular weight is 390 g/mol. The normalized spacial score (nSPS) is 32.0. The van der Waals surface area contributed by atoms with Crippen molar-refractivity contribution in [1.82, 2.24) is 5.32 Å². The number of hydrogen-bond acceptors (Lipinski definition) is 2. The SMILES string of the molecule is O=C(NC1C2CC3CC(C2)CC1C3)c1ccc(-c2ccc(Cl)c(Cl)c2)o1. The van der Waals surface area contributed by atoms with Gasteiger partial charge in [0.05, 0.1) is 10.0 Å². The van der Waals surface area contributed by atoms with Gasteiger partial charge in [-0.3, -0.25) is 4.79 Å². The van der Waals surface area contributed by atoms with Crippen LogP contribution in [0.3, 0.4) is 0 Å². The van der Waals surface area contributed by atoms with Crippen LogP contribution in [0.2, 0.25) is 10.0 Å². The zero-order valence-electron chi connectivity index (χ0n) is 14.4. The molecule has 1 aromatic carbocycles. The summed E-state index contributed by atoms with van der Waals surface area (Å²) in [7, 11) is 0. The number of furan rings is 1. The van der Waals surface area contributed by atoms with Crippen LogP contribution in [0.4, 0.5) is 0 Å². The Labute approximate surface area is 163 Å². The van der Waals surface area contributed by atoms with E-state index in [0.717, 1.165) is 17.4 Å². The van der Waals surface area contributed by atoms with Crippen molar-refractivity contribution >= 4 is 29.1 Å². The molecule has 0 radical (unpaired) electrons. The van der Waals surface area contributed by atoms with E-state index in [1.165, 1.54) is 32.1 Å². The lowest BCUT2D eigenvalue weighted by molar-refractivity contribution is -0.0122. The first kappa shape index (κ1) is 16.7. The summed E-state index contributed by atoms with van der Waals surface area (Å²) in [6, 6.07) is 9.19. The molecule has 1 N–H and O–H groups in total. The summed E-state index contributed by atoms with van der Waals surface area (Å²) in [4.78, 5) is 12.8. The molecule has 0 saturated heterocycles. The van der Waals surface area contributed by atoms with Gasteiger partial charge in [-0.1, -0.05) is 23.2 Å². The number of rotatable bonds is 3. The minimum atomic E-state index is -0.103. The molecule has 4 saturated carbocycles. The Kier molecular flexibility index (Phi) is 4.06. The Balaban J connectivity index is 1.32. The predicted octanol–water partition coefficient (Wildman–Crippen LogP) is 5.81. The van der Waals surface area contributed by atoms with Gasteiger partial charge in [-0.25, -0.2) is 0 Å². The highest BCUT2D eigenvalue weighted by molar-refractivity contribution is 6.42. The number of benzene rings is 1. The van der Waals surface area contributed by atoms with Gasteiger partial charge >= 0.3 is 0 Å². The largest absolute Gasteiger partial charge is 0.451 e. The number of amides is 1. The first-order valence-corrected chi connectivity index (χ1v) is 10.2. The van der Waals surface area contributed by atoms with E-state index in [1.54, 1.807) is 18.2 Å². The zero-order valence-corrected chi connectivity index (χ0v) is 15.9. The highest BCUT2D eigenvalue weighted by Gasteiger charge is 2.48. The summed E-state index contributed by atoms with van der Waals surface area (Å²) in [6.07, 6.45) is 6.55. The van der Waals surface area contributed by atoms with Crippen LogP contribution in [0.5, 0.6) is 0 Å². The average Bonchev–Trinajstić information content (AvgIpc) is 3.10. The molecule has 2 aromatic rings. The van der Waals surface area contributed by atoms with E-state index in [1.807, 2.05) is 12.1 Å². The van der Waals surface area contributed by atoms with Crippen molar-refractivity contribution in [3.63, 3.8) is 0 Å². The maximum absolute atomic E-state index is 12.8. The van der Waals surface area contributed by atoms with Crippen LogP contribution >= 0.6 is 23.2 Å². The van der Waals surface area contributed by atoms with Gasteiger partial charge in [-0.05, 0) is 86.1 Å². The van der Waals surface area contributed by atoms with Crippen molar-refractivity contribution in [3.05, 3.63) is 46.1 Å². The van der Waals surface area contributed by atoms with Gasteiger partial charge in [-0.2, -0.15) is 0 Å². The second kappa shape index (κ2) is 6.31. The Hall–Kier alpha value is -1.45. The van der Waals surface area contributed by atoms with Gasteiger partial charge in [0.1, 0.15) is 5.76 Å². The lowest BCUT2D eigenvalue weighted by Gasteiger charge is -2.54. The smallest absolute Gasteiger partial charge is 0.287 e. The third-order valence-corrected chi connectivity index (χ3v) is 7.30. The van der Waals surface area contributed by atoms with Gasteiger partial charge in [0.15, 0.2) is 5.76 Å². The molecule has 1 aromatic heterocycles. The van der Waals surface area contributed by atoms with Crippen LogP contribution < -0.4 is 5.32 Å². The van der Waals surface area contributed by atoms with Crippen LogP contribution in [-0.2, 0) is 0 Å². The maximum atomic E-state index is 12.8. The molecule has 1 amide bonds. The second-order valence-corrected chi connectivity index (χ2v) is 9.04. The molecule has 4 aliphatic carbocycles. The van der Waals surface area contributed by atoms with Gasteiger partial charge < -0.3 is 9.73 Å². The van der Waals surface area contributed by atoms with Crippen LogP contribution in [0, 0.1) is 23.7 Å². The molecule has 136 valence electrons. The molecule has 6 rings (SSSR count). The molecule has 0 atom stereocenters. The molecule has 0 unspecified atom stereocenters. The van der Waals surface area contributed by atoms with Crippen molar-refractivity contribution in [2.75, 3.05) is 0 Å². The number of carbonyl (C=O) groups is 1. The number of halogens is 2. The summed E-state index contributed by atoms with van der Waals surface area (Å²) in [6.45, 7) is 0. The first-order chi connectivity index (χ1) is 12.6. The van der Waals surface area contributed by atoms with E-state index in [0.29, 0.717) is 39.4 Å². The van der Waals surface area contributed by atoms with Gasteiger partial charge in [0, 0.05) is 11.6 Å². The Morgan fingerprint density at radius 2 is 1.62 bits per heavy atom. The molecule has 4 bridgehead atoms. The lowest BCUT2D eigenvalue weighted by atomic mass is 9.54. The lowest BCUT2D eigenvalue weighted by Crippen LogP contribution is -2.55. The van der Waals surface area contributed by atoms with E-state index >= 15 is 0 Å². The summed E-state index contributed by atoms with van der Waals surface area (Å²) < 4.78 is 5.81. The summed E-state index contributed by atoms with van der Waals surface area (Å²) in [5.74, 6) is 3.98. The molecular weight excluding hydrogens is 369 g/mol. The molecule has 3 nitrogen and oxygen atoms in total. The molecule has 26 heavy (non-hydrogen) atoms. The van der Waals surface area contributed by atoms with E-state index in [-0.39, 0.29) is 5.91 Å². The molecule has 0 spiro atoms. The molecule has 1 heterocycles. The minimum absolute atomic E-state index is 0.103. The standard InChI is InChI=1S/C21H21Cl2NO2/c22-16-2-1-13(10-17(16)23)18-3-4-19(26-18)21(25)24-20-14-6-11-5-12(8-14)9-15(20)7-11/h1-4,10-12,14-15,20H,5-9H2,(H,24,25). The van der Waals surface area contributed by atoms with Crippen LogP contribution in [0.15, 0.2) is 34.7 Å². The van der Waals surface area contributed by atoms with Crippen molar-refractivity contribution < 1.29 is 9.21 Å². The summed E-state index contributed by atoms with van der Waals surface area (Å²) in [5.41, 5.74) is 0.813. The third kappa shape index (κ3) is 2.86. The summed E-state index contributed by atoms with van der Waals surface area (Å²) in [5, 5.41) is 4.26. The highest BCUT2D eigenvalue weighted by Crippen LogP contribution is 2.53. The highest BCUT2D eigenvalue weighted by atomic mass is 35.5. The van der Waals surface area contributed by atoms with E-state index in [2.05, 4.69) is 5.32 Å². The van der Waals surface area contributed by atoms with E-state index in [9.17, 15) is 4.79 Å². The van der Waals surface area contributed by atoms with Gasteiger partial charge in [0.2, 0.25) is 0 Å². The number of hydrogen-bond donors (Lipinski definition) is 1. The van der Waals surface area contributed by atoms with Crippen molar-refractivity contribution in [1.29, 1.82) is 0 Å². The fraction of sp³-hybridized carbons (Fsp3) is 0.476. The van der Waals surface area contributed by atoms with E-state index in [4.69, 9.17) is 27.6 Å². The summed E-state index contributed by atoms with van der Waals surface area (Å²) >= 11 is 12.0. The maximum Gasteiger partial charge on any atom is 0.287 e. The Morgan fingerprint density at radius 1 is 0.923 bits per heavy atom. The van der Waals surface area contributed by atoms with Gasteiger partial charge in [-0.15, -0.1) is 0 Å². The van der Waals surface area contributed by atoms with Crippen molar-refractivity contribution in [3.8, 4) is 11.3 Å². The number of carbonyl (C=O) groups excluding carboxylic acids is 1. The van der Waals surface area contributed by atoms with Crippen molar-refractivity contribution in [2.45, 2.75) is 38.1 Å². The minimum Gasteiger partial charge on any atom is -0.451 e. The Morgan fingerprint density at radius 3 is 2.27 bits per heavy atom. The quantitative estimate of drug-likeness (QED) is 0.719. The van der Waals surface area contributed by atoms with Crippen molar-refractivity contribution in [2.24, 2.45) is 23.7 Å². The predicted molar refractivity (Wildman–Crippen MR) is 102 cm³/mol. The molecule has 4 aliphatic rings. The topological polar surface area (TPSA) is 42.2 Å².